The summed E-state index contributed by atoms with van der Waals surface area (Å²) in [5.74, 6) is -0.723. The second kappa shape index (κ2) is 6.10. The van der Waals surface area contributed by atoms with Crippen LogP contribution in [0.15, 0.2) is 6.33 Å². The summed E-state index contributed by atoms with van der Waals surface area (Å²) in [6, 6.07) is 0. The highest BCUT2D eigenvalue weighted by molar-refractivity contribution is 8.44. The lowest BCUT2D eigenvalue weighted by molar-refractivity contribution is -0.0467. The van der Waals surface area contributed by atoms with Crippen LogP contribution in [0, 0.1) is 0 Å². The molecule has 2 aromatic rings. The number of aliphatic hydroxyl groups is 1. The molecule has 0 amide bonds. The number of hydrogen-bond donors (Lipinski definition) is 5. The molecule has 14 heteroatoms. The number of ether oxygens (including phenoxy) is 1. The average Bonchev–Trinajstić information content (AvgIpc) is 3.00. The average molecular weight is 381 g/mol. The number of thiol groups is 1. The van der Waals surface area contributed by atoms with E-state index in [1.54, 1.807) is 0 Å². The molecule has 132 valence electrons. The molecule has 11 nitrogen and oxygen atoms in total. The van der Waals surface area contributed by atoms with Gasteiger partial charge in [-0.05, 0) is 0 Å². The Kier molecular flexibility index (Phi) is 4.40. The van der Waals surface area contributed by atoms with E-state index in [1.807, 2.05) is 0 Å². The van der Waals surface area contributed by atoms with Crippen LogP contribution < -0.4 is 5.73 Å². The maximum Gasteiger partial charge on any atom is 0.383 e. The van der Waals surface area contributed by atoms with Crippen molar-refractivity contribution in [1.29, 1.82) is 0 Å². The quantitative estimate of drug-likeness (QED) is 0.352. The van der Waals surface area contributed by atoms with Gasteiger partial charge in [0.2, 0.25) is 11.8 Å². The number of aliphatic hydroxyl groups excluding tert-OH is 1. The fourth-order valence-electron chi connectivity index (χ4n) is 2.35. The first-order chi connectivity index (χ1) is 11.2. The molecule has 1 aliphatic heterocycles. The van der Waals surface area contributed by atoms with Gasteiger partial charge in [-0.3, -0.25) is 9.09 Å². The van der Waals surface area contributed by atoms with E-state index in [0.717, 1.165) is 6.33 Å². The molecule has 2 aromatic heterocycles. The largest absolute Gasteiger partial charge is 0.492 e. The number of aromatic hydroxyl groups is 1. The van der Waals surface area contributed by atoms with Gasteiger partial charge in [0.05, 0.1) is 12.9 Å². The number of nitrogens with two attached hydrogens (primary N) is 1. The minimum absolute atomic E-state index is 0.00896. The Morgan fingerprint density at radius 3 is 2.92 bits per heavy atom. The van der Waals surface area contributed by atoms with Crippen LogP contribution in [0.1, 0.15) is 6.23 Å². The van der Waals surface area contributed by atoms with Gasteiger partial charge in [-0.2, -0.15) is 9.97 Å². The van der Waals surface area contributed by atoms with Gasteiger partial charge < -0.3 is 25.6 Å². The number of anilines is 1. The zero-order chi connectivity index (χ0) is 17.6. The molecule has 1 fully saturated rings. The summed E-state index contributed by atoms with van der Waals surface area (Å²) >= 11 is 3.31. The number of aromatic nitrogens is 4. The monoisotopic (exact) mass is 381 g/mol. The van der Waals surface area contributed by atoms with E-state index in [9.17, 15) is 19.2 Å². The number of alkyl halides is 1. The normalized spacial score (nSPS) is 29.8. The molecule has 0 aliphatic carbocycles. The SMILES string of the molecule is Nc1nc(O)c2ncn(C3OC(COP(=O)(O)S)[C@H](F)[C@@H]3O)c2n1. The lowest BCUT2D eigenvalue weighted by Gasteiger charge is -2.16. The molecule has 0 spiro atoms. The smallest absolute Gasteiger partial charge is 0.383 e. The molecule has 0 saturated carbocycles. The van der Waals surface area contributed by atoms with E-state index in [2.05, 4.69) is 31.7 Å². The van der Waals surface area contributed by atoms with E-state index in [-0.39, 0.29) is 17.1 Å². The molecule has 3 heterocycles. The van der Waals surface area contributed by atoms with Crippen LogP contribution in [0.5, 0.6) is 5.88 Å². The van der Waals surface area contributed by atoms with E-state index in [0.29, 0.717) is 0 Å². The van der Waals surface area contributed by atoms with Gasteiger partial charge in [0.1, 0.15) is 12.2 Å². The highest BCUT2D eigenvalue weighted by Gasteiger charge is 2.46. The lowest BCUT2D eigenvalue weighted by Crippen LogP contribution is -2.29. The third kappa shape index (κ3) is 3.18. The Balaban J connectivity index is 1.89. The molecule has 1 saturated heterocycles. The molecule has 3 rings (SSSR count). The van der Waals surface area contributed by atoms with Gasteiger partial charge in [0.15, 0.2) is 23.6 Å². The fourth-order valence-corrected chi connectivity index (χ4v) is 2.89. The molecule has 0 aromatic carbocycles. The Morgan fingerprint density at radius 2 is 2.25 bits per heavy atom. The van der Waals surface area contributed by atoms with Gasteiger partial charge in [-0.15, -0.1) is 0 Å². The summed E-state index contributed by atoms with van der Waals surface area (Å²) in [5, 5.41) is 19.7. The second-order valence-electron chi connectivity index (χ2n) is 5.02. The van der Waals surface area contributed by atoms with Crippen molar-refractivity contribution in [3.05, 3.63) is 6.33 Å². The third-order valence-electron chi connectivity index (χ3n) is 3.39. The first-order valence-electron chi connectivity index (χ1n) is 6.54. The summed E-state index contributed by atoms with van der Waals surface area (Å²) in [6.07, 6.45) is -4.95. The maximum atomic E-state index is 14.2. The van der Waals surface area contributed by atoms with Crippen molar-refractivity contribution in [3.8, 4) is 5.88 Å². The van der Waals surface area contributed by atoms with Gasteiger partial charge in [-0.25, -0.2) is 13.9 Å². The van der Waals surface area contributed by atoms with Gasteiger partial charge >= 0.3 is 6.80 Å². The van der Waals surface area contributed by atoms with E-state index in [1.165, 1.54) is 4.57 Å². The number of nitrogen functional groups attached to an aromatic ring is 1. The third-order valence-corrected chi connectivity index (χ3v) is 4.22. The highest BCUT2D eigenvalue weighted by atomic mass is 32.7. The van der Waals surface area contributed by atoms with Crippen LogP contribution in [0.25, 0.3) is 11.2 Å². The maximum absolute atomic E-state index is 14.2. The molecular formula is C10H13FN5O6PS. The minimum atomic E-state index is -4.12. The molecule has 3 unspecified atom stereocenters. The Labute approximate surface area is 138 Å². The van der Waals surface area contributed by atoms with E-state index in [4.69, 9.17) is 15.4 Å². The van der Waals surface area contributed by atoms with Gasteiger partial charge in [0.25, 0.3) is 0 Å². The molecule has 1 aliphatic rings. The van der Waals surface area contributed by atoms with Crippen LogP contribution in [0.3, 0.4) is 0 Å². The topological polar surface area (TPSA) is 166 Å². The fraction of sp³-hybridized carbons (Fsp3) is 0.500. The Bertz CT molecular complexity index is 816. The van der Waals surface area contributed by atoms with Gasteiger partial charge in [0, 0.05) is 0 Å². The van der Waals surface area contributed by atoms with Gasteiger partial charge in [-0.1, -0.05) is 12.2 Å². The summed E-state index contributed by atoms with van der Waals surface area (Å²) in [7, 11) is 0. The molecule has 5 N–H and O–H groups in total. The molecule has 5 atom stereocenters. The number of rotatable bonds is 4. The van der Waals surface area contributed by atoms with Crippen molar-refractivity contribution in [2.45, 2.75) is 24.6 Å². The predicted octanol–water partition coefficient (Wildman–Crippen LogP) is -0.243. The molecule has 0 radical (unpaired) electrons. The van der Waals surface area contributed by atoms with Crippen LogP contribution >= 0.6 is 19.0 Å². The van der Waals surface area contributed by atoms with E-state index >= 15 is 0 Å². The number of halogens is 1. The van der Waals surface area contributed by atoms with E-state index < -0.39 is 43.9 Å². The summed E-state index contributed by atoms with van der Waals surface area (Å²) in [4.78, 5) is 20.2. The van der Waals surface area contributed by atoms with Crippen LogP contribution in [0.4, 0.5) is 10.3 Å². The van der Waals surface area contributed by atoms with Crippen molar-refractivity contribution in [3.63, 3.8) is 0 Å². The molecule has 0 bridgehead atoms. The van der Waals surface area contributed by atoms with Crippen molar-refractivity contribution in [2.75, 3.05) is 12.3 Å². The number of nitrogens with zero attached hydrogens (tertiary/aromatic N) is 4. The lowest BCUT2D eigenvalue weighted by atomic mass is 10.1. The Morgan fingerprint density at radius 1 is 1.54 bits per heavy atom. The van der Waals surface area contributed by atoms with Crippen molar-refractivity contribution in [1.82, 2.24) is 19.5 Å². The van der Waals surface area contributed by atoms with Crippen molar-refractivity contribution < 1.29 is 33.3 Å². The summed E-state index contributed by atoms with van der Waals surface area (Å²) < 4.78 is 36.2. The zero-order valence-corrected chi connectivity index (χ0v) is 13.6. The summed E-state index contributed by atoms with van der Waals surface area (Å²) in [5.41, 5.74) is 5.47. The number of imidazole rings is 1. The first-order valence-corrected chi connectivity index (χ1v) is 9.27. The number of hydrogen-bond acceptors (Lipinski definition) is 9. The van der Waals surface area contributed by atoms with Crippen LogP contribution in [0.2, 0.25) is 0 Å². The first kappa shape index (κ1) is 17.3. The zero-order valence-electron chi connectivity index (χ0n) is 11.8. The van der Waals surface area contributed by atoms with Crippen LogP contribution in [-0.4, -0.2) is 59.6 Å². The minimum Gasteiger partial charge on any atom is -0.492 e. The Hall–Kier alpha value is -1.50. The molecule has 24 heavy (non-hydrogen) atoms. The predicted molar refractivity (Wildman–Crippen MR) is 81.0 cm³/mol. The number of fused-ring (bicyclic) bond motifs is 1. The van der Waals surface area contributed by atoms with Crippen molar-refractivity contribution in [2.24, 2.45) is 0 Å². The standard InChI is InChI=1S/C10H13FN5O6PS/c11-4-3(1-21-23(19,20)24)22-9(6(4)17)16-2-13-5-7(16)14-10(12)15-8(5)18/h2-4,6,9,17H,1H2,(H2,19,20,24)(H3,12,14,15,18)/t3?,4-,6-,9?/m0/s1. The molecular weight excluding hydrogens is 368 g/mol. The van der Waals surface area contributed by atoms with Crippen LogP contribution in [-0.2, 0) is 13.8 Å². The second-order valence-corrected chi connectivity index (χ2v) is 7.77. The highest BCUT2D eigenvalue weighted by Crippen LogP contribution is 2.47. The summed E-state index contributed by atoms with van der Waals surface area (Å²) in [6.45, 7) is -4.72. The van der Waals surface area contributed by atoms with Crippen molar-refractivity contribution >= 4 is 36.2 Å².